The number of hydrogen-bond acceptors (Lipinski definition) is 6. The highest BCUT2D eigenvalue weighted by atomic mass is 32.2. The van der Waals surface area contributed by atoms with Gasteiger partial charge < -0.3 is 9.84 Å². The minimum absolute atomic E-state index is 0.0474. The van der Waals surface area contributed by atoms with E-state index in [2.05, 4.69) is 0 Å². The molecule has 1 aromatic heterocycles. The fraction of sp³-hybridized carbons (Fsp3) is 0.600. The quantitative estimate of drug-likeness (QED) is 0.664. The molecular weight excluding hydrogens is 308 g/mol. The zero-order valence-corrected chi connectivity index (χ0v) is 14.2. The number of carbonyl (C=O) groups is 2. The van der Waals surface area contributed by atoms with Gasteiger partial charge >= 0.3 is 5.97 Å². The van der Waals surface area contributed by atoms with Gasteiger partial charge in [-0.1, -0.05) is 13.8 Å². The first-order chi connectivity index (χ1) is 9.89. The minimum atomic E-state index is -0.347. The molecule has 1 aliphatic rings. The largest absolute Gasteiger partial charge is 0.462 e. The number of rotatable bonds is 5. The van der Waals surface area contributed by atoms with Crippen molar-refractivity contribution in [2.75, 3.05) is 19.0 Å². The molecule has 0 unspecified atom stereocenters. The number of hydrogen-bond donors (Lipinski definition) is 1. The molecule has 0 atom stereocenters. The maximum atomic E-state index is 12.5. The molecule has 6 heteroatoms. The number of thiophene rings is 1. The van der Waals surface area contributed by atoms with E-state index < -0.39 is 0 Å². The second-order valence-corrected chi connectivity index (χ2v) is 8.19. The molecule has 0 bridgehead atoms. The van der Waals surface area contributed by atoms with E-state index in [4.69, 9.17) is 9.84 Å². The van der Waals surface area contributed by atoms with E-state index in [9.17, 15) is 9.59 Å². The van der Waals surface area contributed by atoms with Crippen molar-refractivity contribution in [3.05, 3.63) is 16.0 Å². The molecule has 2 rings (SSSR count). The second-order valence-electron chi connectivity index (χ2n) is 5.81. The zero-order chi connectivity index (χ0) is 15.6. The Hall–Kier alpha value is -0.850. The molecule has 1 aromatic rings. The molecule has 0 amide bonds. The van der Waals surface area contributed by atoms with Gasteiger partial charge in [0.15, 0.2) is 5.78 Å². The summed E-state index contributed by atoms with van der Waals surface area (Å²) in [5.41, 5.74) is 1.38. The molecule has 0 aromatic carbocycles. The summed E-state index contributed by atoms with van der Waals surface area (Å²) in [6.45, 7) is 6.23. The zero-order valence-electron chi connectivity index (χ0n) is 12.5. The third kappa shape index (κ3) is 3.49. The van der Waals surface area contributed by atoms with Crippen molar-refractivity contribution in [1.29, 1.82) is 0 Å². The number of thioether (sulfide) groups is 1. The van der Waals surface area contributed by atoms with Gasteiger partial charge in [0.2, 0.25) is 0 Å². The first-order valence-corrected chi connectivity index (χ1v) is 8.79. The summed E-state index contributed by atoms with van der Waals surface area (Å²) in [7, 11) is 0. The van der Waals surface area contributed by atoms with Crippen LogP contribution in [0.1, 0.15) is 52.8 Å². The molecule has 21 heavy (non-hydrogen) atoms. The minimum Gasteiger partial charge on any atom is -0.462 e. The fourth-order valence-electron chi connectivity index (χ4n) is 2.56. The number of fused-ring (bicyclic) bond motifs is 1. The van der Waals surface area contributed by atoms with Crippen molar-refractivity contribution in [1.82, 2.24) is 0 Å². The van der Waals surface area contributed by atoms with Crippen LogP contribution in [0.4, 0.5) is 0 Å². The van der Waals surface area contributed by atoms with Crippen LogP contribution in [-0.2, 0) is 11.2 Å². The third-order valence-corrected chi connectivity index (χ3v) is 5.80. The summed E-state index contributed by atoms with van der Waals surface area (Å²) in [6, 6.07) is 0. The Labute approximate surface area is 132 Å². The maximum Gasteiger partial charge on any atom is 0.348 e. The molecule has 116 valence electrons. The van der Waals surface area contributed by atoms with E-state index in [0.29, 0.717) is 35.6 Å². The Bertz CT molecular complexity index is 560. The molecule has 1 aliphatic carbocycles. The van der Waals surface area contributed by atoms with Crippen molar-refractivity contribution in [2.45, 2.75) is 37.8 Å². The number of Topliss-reactive ketones (excluding diaryl/α,β-unsaturated/α-hetero) is 1. The number of aliphatic hydroxyl groups is 1. The summed E-state index contributed by atoms with van der Waals surface area (Å²) in [5, 5.41) is 8.99. The smallest absolute Gasteiger partial charge is 0.348 e. The number of carbonyl (C=O) groups excluding carboxylic acids is 2. The molecule has 0 radical (unpaired) electrons. The SMILES string of the molecule is CCOC(=O)c1sc(SCCO)c2c1CC(C)(C)CC2=O. The number of ketones is 1. The van der Waals surface area contributed by atoms with E-state index in [1.807, 2.05) is 13.8 Å². The Balaban J connectivity index is 2.47. The van der Waals surface area contributed by atoms with Crippen LogP contribution in [0.15, 0.2) is 4.21 Å². The Kier molecular flexibility index (Phi) is 5.11. The van der Waals surface area contributed by atoms with Gasteiger partial charge in [-0.15, -0.1) is 23.1 Å². The number of ether oxygens (including phenoxy) is 1. The van der Waals surface area contributed by atoms with Gasteiger partial charge in [0.1, 0.15) is 4.88 Å². The van der Waals surface area contributed by atoms with Gasteiger partial charge in [0, 0.05) is 17.7 Å². The van der Waals surface area contributed by atoms with E-state index >= 15 is 0 Å². The van der Waals surface area contributed by atoms with Crippen LogP contribution in [0.25, 0.3) is 0 Å². The van der Waals surface area contributed by atoms with Gasteiger partial charge in [0.05, 0.1) is 17.4 Å². The van der Waals surface area contributed by atoms with E-state index in [1.165, 1.54) is 23.1 Å². The molecule has 1 N–H and O–H groups in total. The maximum absolute atomic E-state index is 12.5. The first-order valence-electron chi connectivity index (χ1n) is 6.99. The molecule has 0 spiro atoms. The molecule has 0 saturated carbocycles. The Morgan fingerprint density at radius 1 is 1.43 bits per heavy atom. The summed E-state index contributed by atoms with van der Waals surface area (Å²) in [5.74, 6) is 0.264. The van der Waals surface area contributed by atoms with E-state index in [0.717, 1.165) is 9.77 Å². The molecule has 0 saturated heterocycles. The highest BCUT2D eigenvalue weighted by Gasteiger charge is 2.37. The van der Waals surface area contributed by atoms with Crippen LogP contribution in [0.2, 0.25) is 0 Å². The van der Waals surface area contributed by atoms with Crippen molar-refractivity contribution < 1.29 is 19.4 Å². The topological polar surface area (TPSA) is 63.6 Å². The lowest BCUT2D eigenvalue weighted by Gasteiger charge is -2.29. The van der Waals surface area contributed by atoms with Gasteiger partial charge in [-0.05, 0) is 24.3 Å². The Morgan fingerprint density at radius 3 is 2.76 bits per heavy atom. The predicted molar refractivity (Wildman–Crippen MR) is 84.5 cm³/mol. The van der Waals surface area contributed by atoms with E-state index in [1.54, 1.807) is 6.92 Å². The molecule has 0 fully saturated rings. The lowest BCUT2D eigenvalue weighted by molar-refractivity contribution is 0.0530. The van der Waals surface area contributed by atoms with Crippen LogP contribution in [-0.4, -0.2) is 35.8 Å². The molecule has 1 heterocycles. The standard InChI is InChI=1S/C15H20O4S2/c1-4-19-13(18)12-9-7-15(2,3)8-10(17)11(9)14(21-12)20-6-5-16/h16H,4-8H2,1-3H3. The molecule has 4 nitrogen and oxygen atoms in total. The molecule has 0 aliphatic heterocycles. The van der Waals surface area contributed by atoms with Crippen molar-refractivity contribution in [2.24, 2.45) is 5.41 Å². The number of esters is 1. The third-order valence-electron chi connectivity index (χ3n) is 3.33. The van der Waals surface area contributed by atoms with Crippen LogP contribution < -0.4 is 0 Å². The summed E-state index contributed by atoms with van der Waals surface area (Å²) in [4.78, 5) is 25.1. The fourth-order valence-corrected chi connectivity index (χ4v) is 4.92. The predicted octanol–water partition coefficient (Wildman–Crippen LogP) is 3.16. The average Bonchev–Trinajstić information content (AvgIpc) is 2.74. The van der Waals surface area contributed by atoms with Crippen LogP contribution in [0, 0.1) is 5.41 Å². The van der Waals surface area contributed by atoms with E-state index in [-0.39, 0.29) is 23.8 Å². The second kappa shape index (κ2) is 6.50. The molecular formula is C15H20O4S2. The van der Waals surface area contributed by atoms with Crippen LogP contribution >= 0.6 is 23.1 Å². The van der Waals surface area contributed by atoms with Gasteiger partial charge in [0.25, 0.3) is 0 Å². The van der Waals surface area contributed by atoms with Crippen molar-refractivity contribution >= 4 is 34.9 Å². The Morgan fingerprint density at radius 2 is 2.14 bits per heavy atom. The van der Waals surface area contributed by atoms with Crippen LogP contribution in [0.5, 0.6) is 0 Å². The van der Waals surface area contributed by atoms with Crippen molar-refractivity contribution in [3.8, 4) is 0 Å². The summed E-state index contributed by atoms with van der Waals surface area (Å²) in [6.07, 6.45) is 1.20. The van der Waals surface area contributed by atoms with Gasteiger partial charge in [-0.25, -0.2) is 4.79 Å². The summed E-state index contributed by atoms with van der Waals surface area (Å²) >= 11 is 2.76. The van der Waals surface area contributed by atoms with Crippen LogP contribution in [0.3, 0.4) is 0 Å². The lowest BCUT2D eigenvalue weighted by atomic mass is 9.74. The van der Waals surface area contributed by atoms with Gasteiger partial charge in [-0.3, -0.25) is 4.79 Å². The lowest BCUT2D eigenvalue weighted by Crippen LogP contribution is -2.27. The van der Waals surface area contributed by atoms with Crippen molar-refractivity contribution in [3.63, 3.8) is 0 Å². The number of aliphatic hydroxyl groups excluding tert-OH is 1. The highest BCUT2D eigenvalue weighted by molar-refractivity contribution is 8.01. The van der Waals surface area contributed by atoms with Gasteiger partial charge in [-0.2, -0.15) is 0 Å². The highest BCUT2D eigenvalue weighted by Crippen LogP contribution is 2.45. The normalized spacial score (nSPS) is 16.7. The monoisotopic (exact) mass is 328 g/mol. The first kappa shape index (κ1) is 16.5. The summed E-state index contributed by atoms with van der Waals surface area (Å²) < 4.78 is 5.95. The average molecular weight is 328 g/mol.